The van der Waals surface area contributed by atoms with Crippen molar-refractivity contribution < 1.29 is 17.9 Å². The molecule has 0 aromatic rings. The lowest BCUT2D eigenvalue weighted by atomic mass is 10.2. The summed E-state index contributed by atoms with van der Waals surface area (Å²) in [5.74, 6) is 0.00986. The zero-order valence-corrected chi connectivity index (χ0v) is 10.8. The van der Waals surface area contributed by atoms with Gasteiger partial charge in [0.2, 0.25) is 10.0 Å². The van der Waals surface area contributed by atoms with Crippen LogP contribution in [0.5, 0.6) is 0 Å². The third kappa shape index (κ3) is 2.97. The van der Waals surface area contributed by atoms with Crippen LogP contribution in [0.1, 0.15) is 12.8 Å². The van der Waals surface area contributed by atoms with E-state index in [0.717, 1.165) is 12.8 Å². The van der Waals surface area contributed by atoms with Crippen LogP contribution in [-0.4, -0.2) is 68.7 Å². The van der Waals surface area contributed by atoms with Crippen LogP contribution in [0.25, 0.3) is 0 Å². The van der Waals surface area contributed by atoms with Gasteiger partial charge < -0.3 is 9.64 Å². The van der Waals surface area contributed by atoms with Crippen LogP contribution < -0.4 is 0 Å². The molecule has 0 unspecified atom stereocenters. The van der Waals surface area contributed by atoms with E-state index in [4.69, 9.17) is 4.74 Å². The van der Waals surface area contributed by atoms with Gasteiger partial charge in [-0.2, -0.15) is 4.31 Å². The molecule has 2 fully saturated rings. The zero-order valence-electron chi connectivity index (χ0n) is 9.96. The number of carbonyl (C=O) groups is 1. The number of nitrogens with zero attached hydrogens (tertiary/aromatic N) is 2. The highest BCUT2D eigenvalue weighted by Gasteiger charge is 2.31. The highest BCUT2D eigenvalue weighted by molar-refractivity contribution is 7.88. The Morgan fingerprint density at radius 1 is 1.24 bits per heavy atom. The predicted molar refractivity (Wildman–Crippen MR) is 62.0 cm³/mol. The first-order valence-electron chi connectivity index (χ1n) is 5.84. The third-order valence-corrected chi connectivity index (χ3v) is 4.53. The van der Waals surface area contributed by atoms with E-state index in [-0.39, 0.29) is 12.0 Å². The highest BCUT2D eigenvalue weighted by atomic mass is 32.2. The van der Waals surface area contributed by atoms with Crippen molar-refractivity contribution >= 4 is 15.9 Å². The maximum Gasteiger partial charge on any atom is 0.251 e. The summed E-state index contributed by atoms with van der Waals surface area (Å²) >= 11 is 0. The molecular formula is C10H18N2O4S. The van der Waals surface area contributed by atoms with E-state index in [0.29, 0.717) is 32.8 Å². The van der Waals surface area contributed by atoms with Gasteiger partial charge in [0.15, 0.2) is 0 Å². The monoisotopic (exact) mass is 262 g/mol. The summed E-state index contributed by atoms with van der Waals surface area (Å²) < 4.78 is 29.4. The van der Waals surface area contributed by atoms with Crippen molar-refractivity contribution in [3.63, 3.8) is 0 Å². The van der Waals surface area contributed by atoms with Crippen LogP contribution in [0.15, 0.2) is 0 Å². The van der Waals surface area contributed by atoms with Gasteiger partial charge >= 0.3 is 0 Å². The largest absolute Gasteiger partial charge is 0.368 e. The minimum Gasteiger partial charge on any atom is -0.368 e. The first kappa shape index (κ1) is 12.8. The summed E-state index contributed by atoms with van der Waals surface area (Å²) in [5, 5.41) is 0. The van der Waals surface area contributed by atoms with Gasteiger partial charge in [-0.25, -0.2) is 8.42 Å². The number of rotatable bonds is 2. The average molecular weight is 262 g/mol. The molecule has 6 nitrogen and oxygen atoms in total. The molecule has 7 heteroatoms. The number of hydrogen-bond donors (Lipinski definition) is 0. The van der Waals surface area contributed by atoms with Crippen molar-refractivity contribution in [3.8, 4) is 0 Å². The molecule has 2 rings (SSSR count). The Kier molecular flexibility index (Phi) is 3.70. The van der Waals surface area contributed by atoms with Crippen LogP contribution in [0.2, 0.25) is 0 Å². The molecule has 0 aliphatic carbocycles. The average Bonchev–Trinajstić information content (AvgIpc) is 2.80. The lowest BCUT2D eigenvalue weighted by Crippen LogP contribution is -2.52. The van der Waals surface area contributed by atoms with E-state index >= 15 is 0 Å². The fourth-order valence-electron chi connectivity index (χ4n) is 2.22. The number of ether oxygens (including phenoxy) is 1. The van der Waals surface area contributed by atoms with Crippen molar-refractivity contribution in [1.82, 2.24) is 9.21 Å². The maximum absolute atomic E-state index is 12.0. The van der Waals surface area contributed by atoms with Gasteiger partial charge in [-0.15, -0.1) is 0 Å². The second kappa shape index (κ2) is 4.91. The predicted octanol–water partition coefficient (Wildman–Crippen LogP) is -0.731. The minimum atomic E-state index is -3.13. The van der Waals surface area contributed by atoms with Crippen molar-refractivity contribution in [2.45, 2.75) is 18.9 Å². The summed E-state index contributed by atoms with van der Waals surface area (Å²) in [6.07, 6.45) is 2.61. The van der Waals surface area contributed by atoms with Gasteiger partial charge in [0.05, 0.1) is 6.26 Å². The van der Waals surface area contributed by atoms with E-state index in [2.05, 4.69) is 0 Å². The molecular weight excluding hydrogens is 244 g/mol. The molecule has 0 bridgehead atoms. The zero-order chi connectivity index (χ0) is 12.5. The van der Waals surface area contributed by atoms with Crippen molar-refractivity contribution in [1.29, 1.82) is 0 Å². The minimum absolute atomic E-state index is 0.00986. The number of piperazine rings is 1. The number of hydrogen-bond acceptors (Lipinski definition) is 4. The summed E-state index contributed by atoms with van der Waals surface area (Å²) in [7, 11) is -3.13. The fraction of sp³-hybridized carbons (Fsp3) is 0.900. The molecule has 2 saturated heterocycles. The summed E-state index contributed by atoms with van der Waals surface area (Å²) in [6, 6.07) is 0. The van der Waals surface area contributed by atoms with E-state index in [9.17, 15) is 13.2 Å². The Bertz CT molecular complexity index is 381. The molecule has 17 heavy (non-hydrogen) atoms. The van der Waals surface area contributed by atoms with E-state index in [1.54, 1.807) is 4.90 Å². The molecule has 0 aromatic heterocycles. The fourth-order valence-corrected chi connectivity index (χ4v) is 3.04. The highest BCUT2D eigenvalue weighted by Crippen LogP contribution is 2.16. The molecule has 0 spiro atoms. The molecule has 1 atom stereocenters. The van der Waals surface area contributed by atoms with Crippen LogP contribution in [0.4, 0.5) is 0 Å². The van der Waals surface area contributed by atoms with Gasteiger partial charge in [-0.05, 0) is 12.8 Å². The van der Waals surface area contributed by atoms with E-state index in [1.807, 2.05) is 0 Å². The van der Waals surface area contributed by atoms with Crippen molar-refractivity contribution in [2.75, 3.05) is 39.0 Å². The van der Waals surface area contributed by atoms with Gasteiger partial charge in [-0.1, -0.05) is 0 Å². The quantitative estimate of drug-likeness (QED) is 0.658. The van der Waals surface area contributed by atoms with Gasteiger partial charge in [0.1, 0.15) is 6.10 Å². The van der Waals surface area contributed by atoms with Crippen LogP contribution in [0, 0.1) is 0 Å². The first-order valence-corrected chi connectivity index (χ1v) is 7.69. The SMILES string of the molecule is CS(=O)(=O)N1CCN(C(=O)[C@H]2CCCO2)CC1. The van der Waals surface area contributed by atoms with E-state index in [1.165, 1.54) is 10.6 Å². The van der Waals surface area contributed by atoms with Crippen LogP contribution in [0.3, 0.4) is 0 Å². The Hall–Kier alpha value is -0.660. The lowest BCUT2D eigenvalue weighted by Gasteiger charge is -2.34. The molecule has 1 amide bonds. The summed E-state index contributed by atoms with van der Waals surface area (Å²) in [5.41, 5.74) is 0. The molecule has 0 radical (unpaired) electrons. The van der Waals surface area contributed by atoms with Crippen molar-refractivity contribution in [2.24, 2.45) is 0 Å². The summed E-state index contributed by atoms with van der Waals surface area (Å²) in [4.78, 5) is 13.7. The Morgan fingerprint density at radius 2 is 1.88 bits per heavy atom. The van der Waals surface area contributed by atoms with Crippen LogP contribution >= 0.6 is 0 Å². The molecule has 2 aliphatic rings. The topological polar surface area (TPSA) is 66.9 Å². The van der Waals surface area contributed by atoms with Crippen molar-refractivity contribution in [3.05, 3.63) is 0 Å². The van der Waals surface area contributed by atoms with Gasteiger partial charge in [0, 0.05) is 32.8 Å². The summed E-state index contributed by atoms with van der Waals surface area (Å²) in [6.45, 7) is 2.35. The number of amides is 1. The molecule has 0 aromatic carbocycles. The standard InChI is InChI=1S/C10H18N2O4S/c1-17(14,15)12-6-4-11(5-7-12)10(13)9-3-2-8-16-9/h9H,2-8H2,1H3/t9-/m1/s1. The molecule has 2 heterocycles. The molecule has 98 valence electrons. The smallest absolute Gasteiger partial charge is 0.251 e. The Balaban J connectivity index is 1.88. The van der Waals surface area contributed by atoms with Gasteiger partial charge in [0.25, 0.3) is 5.91 Å². The molecule has 0 N–H and O–H groups in total. The van der Waals surface area contributed by atoms with E-state index < -0.39 is 10.0 Å². The number of carbonyl (C=O) groups excluding carboxylic acids is 1. The van der Waals surface area contributed by atoms with Gasteiger partial charge in [-0.3, -0.25) is 4.79 Å². The molecule has 2 aliphatic heterocycles. The first-order chi connectivity index (χ1) is 7.98. The Morgan fingerprint density at radius 3 is 2.35 bits per heavy atom. The second-order valence-corrected chi connectivity index (χ2v) is 6.47. The third-order valence-electron chi connectivity index (χ3n) is 3.22. The van der Waals surface area contributed by atoms with Crippen LogP contribution in [-0.2, 0) is 19.6 Å². The normalized spacial score (nSPS) is 27.4. The lowest BCUT2D eigenvalue weighted by molar-refractivity contribution is -0.142. The number of sulfonamides is 1. The second-order valence-electron chi connectivity index (χ2n) is 4.49. The maximum atomic E-state index is 12.0. The molecule has 0 saturated carbocycles. The Labute approximate surface area is 102 Å².